The third-order valence-electron chi connectivity index (χ3n) is 4.44. The van der Waals surface area contributed by atoms with E-state index in [0.29, 0.717) is 0 Å². The second-order valence-corrected chi connectivity index (χ2v) is 6.11. The van der Waals surface area contributed by atoms with Crippen LogP contribution in [-0.2, 0) is 0 Å². The van der Waals surface area contributed by atoms with Crippen LogP contribution in [0.15, 0.2) is 60.7 Å². The van der Waals surface area contributed by atoms with E-state index in [1.807, 2.05) is 0 Å². The average Bonchev–Trinajstić information content (AvgIpc) is 2.51. The van der Waals surface area contributed by atoms with Crippen molar-refractivity contribution in [3.63, 3.8) is 0 Å². The lowest BCUT2D eigenvalue weighted by Gasteiger charge is -2.15. The molecule has 0 amide bonds. The molecule has 0 nitrogen and oxygen atoms in total. The van der Waals surface area contributed by atoms with Crippen molar-refractivity contribution in [3.8, 4) is 22.3 Å². The summed E-state index contributed by atoms with van der Waals surface area (Å²) >= 11 is 0. The Balaban J connectivity index is 2.18. The Morgan fingerprint density at radius 1 is 0.409 bits per heavy atom. The van der Waals surface area contributed by atoms with E-state index in [1.54, 1.807) is 0 Å². The normalized spacial score (nSPS) is 10.7. The van der Waals surface area contributed by atoms with Crippen LogP contribution in [0.4, 0.5) is 0 Å². The molecule has 0 spiro atoms. The lowest BCUT2D eigenvalue weighted by atomic mass is 9.89. The van der Waals surface area contributed by atoms with Gasteiger partial charge in [-0.1, -0.05) is 60.7 Å². The van der Waals surface area contributed by atoms with Gasteiger partial charge in [0.2, 0.25) is 0 Å². The molecule has 0 fully saturated rings. The molecule has 0 saturated heterocycles. The van der Waals surface area contributed by atoms with E-state index in [1.165, 1.54) is 44.5 Å². The fourth-order valence-electron chi connectivity index (χ4n) is 3.15. The number of aryl methyl sites for hydroxylation is 4. The molecule has 0 unspecified atom stereocenters. The van der Waals surface area contributed by atoms with Crippen molar-refractivity contribution in [2.24, 2.45) is 0 Å². The van der Waals surface area contributed by atoms with Crippen molar-refractivity contribution in [1.82, 2.24) is 0 Å². The third kappa shape index (κ3) is 2.57. The van der Waals surface area contributed by atoms with Gasteiger partial charge in [0.1, 0.15) is 0 Å². The standard InChI is InChI=1S/C22H22/c1-15-9-5-7-11-19(15)21-13-18(4)22(14-17(21)3)20-12-8-6-10-16(20)2/h5-14H,1-4H3. The van der Waals surface area contributed by atoms with Gasteiger partial charge in [-0.25, -0.2) is 0 Å². The highest BCUT2D eigenvalue weighted by atomic mass is 14.1. The molecule has 0 aliphatic rings. The van der Waals surface area contributed by atoms with E-state index in [4.69, 9.17) is 0 Å². The van der Waals surface area contributed by atoms with Crippen molar-refractivity contribution >= 4 is 0 Å². The molecule has 3 aromatic rings. The van der Waals surface area contributed by atoms with Gasteiger partial charge in [-0.15, -0.1) is 0 Å². The van der Waals surface area contributed by atoms with Crippen LogP contribution in [0, 0.1) is 27.7 Å². The van der Waals surface area contributed by atoms with Crippen LogP contribution in [0.1, 0.15) is 22.3 Å². The molecule has 22 heavy (non-hydrogen) atoms. The minimum absolute atomic E-state index is 1.33. The summed E-state index contributed by atoms with van der Waals surface area (Å²) in [5, 5.41) is 0. The van der Waals surface area contributed by atoms with E-state index in [-0.39, 0.29) is 0 Å². The van der Waals surface area contributed by atoms with Crippen molar-refractivity contribution in [1.29, 1.82) is 0 Å². The lowest BCUT2D eigenvalue weighted by molar-refractivity contribution is 1.35. The molecule has 0 atom stereocenters. The molecule has 0 N–H and O–H groups in total. The predicted octanol–water partition coefficient (Wildman–Crippen LogP) is 6.25. The summed E-state index contributed by atoms with van der Waals surface area (Å²) in [5.74, 6) is 0. The fourth-order valence-corrected chi connectivity index (χ4v) is 3.15. The molecule has 0 aliphatic heterocycles. The smallest absolute Gasteiger partial charge is 0.0149 e. The topological polar surface area (TPSA) is 0 Å². The van der Waals surface area contributed by atoms with Crippen molar-refractivity contribution in [3.05, 3.63) is 82.9 Å². The van der Waals surface area contributed by atoms with Gasteiger partial charge in [-0.3, -0.25) is 0 Å². The fraction of sp³-hybridized carbons (Fsp3) is 0.182. The van der Waals surface area contributed by atoms with Gasteiger partial charge in [0.15, 0.2) is 0 Å². The Hall–Kier alpha value is -2.34. The third-order valence-corrected chi connectivity index (χ3v) is 4.44. The Morgan fingerprint density at radius 3 is 1.14 bits per heavy atom. The molecule has 3 rings (SSSR count). The molecule has 0 saturated carbocycles. The quantitative estimate of drug-likeness (QED) is 0.522. The molecule has 0 aromatic heterocycles. The minimum atomic E-state index is 1.33. The van der Waals surface area contributed by atoms with Crippen LogP contribution < -0.4 is 0 Å². The van der Waals surface area contributed by atoms with Crippen molar-refractivity contribution in [2.75, 3.05) is 0 Å². The van der Waals surface area contributed by atoms with E-state index < -0.39 is 0 Å². The second-order valence-electron chi connectivity index (χ2n) is 6.11. The maximum Gasteiger partial charge on any atom is -0.0149 e. The van der Waals surface area contributed by atoms with E-state index in [2.05, 4.69) is 88.4 Å². The van der Waals surface area contributed by atoms with Gasteiger partial charge in [-0.2, -0.15) is 0 Å². The Labute approximate surface area is 133 Å². The van der Waals surface area contributed by atoms with Crippen LogP contribution in [0.5, 0.6) is 0 Å². The molecular weight excluding hydrogens is 264 g/mol. The van der Waals surface area contributed by atoms with Crippen LogP contribution in [0.25, 0.3) is 22.3 Å². The van der Waals surface area contributed by atoms with Gasteiger partial charge in [0, 0.05) is 0 Å². The molecule has 0 radical (unpaired) electrons. The zero-order chi connectivity index (χ0) is 15.7. The van der Waals surface area contributed by atoms with Gasteiger partial charge >= 0.3 is 0 Å². The van der Waals surface area contributed by atoms with Gasteiger partial charge in [0.25, 0.3) is 0 Å². The summed E-state index contributed by atoms with van der Waals surface area (Å²) in [6.45, 7) is 8.78. The summed E-state index contributed by atoms with van der Waals surface area (Å²) in [6, 6.07) is 21.9. The first-order valence-electron chi connectivity index (χ1n) is 7.81. The molecule has 0 heterocycles. The van der Waals surface area contributed by atoms with Crippen LogP contribution in [0.2, 0.25) is 0 Å². The van der Waals surface area contributed by atoms with Crippen molar-refractivity contribution < 1.29 is 0 Å². The summed E-state index contributed by atoms with van der Waals surface area (Å²) in [5.41, 5.74) is 10.7. The molecule has 3 aromatic carbocycles. The number of hydrogen-bond acceptors (Lipinski definition) is 0. The SMILES string of the molecule is Cc1ccccc1-c1cc(C)c(-c2ccccc2C)cc1C. The predicted molar refractivity (Wildman–Crippen MR) is 96.3 cm³/mol. The highest BCUT2D eigenvalue weighted by Gasteiger charge is 2.10. The monoisotopic (exact) mass is 286 g/mol. The summed E-state index contributed by atoms with van der Waals surface area (Å²) in [7, 11) is 0. The average molecular weight is 286 g/mol. The number of hydrogen-bond donors (Lipinski definition) is 0. The maximum atomic E-state index is 2.33. The largest absolute Gasteiger partial charge is 0.0620 e. The van der Waals surface area contributed by atoms with Crippen LogP contribution in [0.3, 0.4) is 0 Å². The Kier molecular flexibility index (Phi) is 3.85. The van der Waals surface area contributed by atoms with Gasteiger partial charge in [0.05, 0.1) is 0 Å². The minimum Gasteiger partial charge on any atom is -0.0620 e. The van der Waals surface area contributed by atoms with Gasteiger partial charge < -0.3 is 0 Å². The summed E-state index contributed by atoms with van der Waals surface area (Å²) < 4.78 is 0. The molecule has 0 heteroatoms. The van der Waals surface area contributed by atoms with Gasteiger partial charge in [-0.05, 0) is 72.2 Å². The molecule has 110 valence electrons. The first kappa shape index (κ1) is 14.6. The van der Waals surface area contributed by atoms with Crippen molar-refractivity contribution in [2.45, 2.75) is 27.7 Å². The second kappa shape index (κ2) is 5.81. The highest BCUT2D eigenvalue weighted by Crippen LogP contribution is 2.34. The maximum absolute atomic E-state index is 2.33. The Morgan fingerprint density at radius 2 is 0.773 bits per heavy atom. The number of benzene rings is 3. The molecule has 0 bridgehead atoms. The van der Waals surface area contributed by atoms with E-state index >= 15 is 0 Å². The first-order valence-corrected chi connectivity index (χ1v) is 7.81. The number of rotatable bonds is 2. The van der Waals surface area contributed by atoms with E-state index in [0.717, 1.165) is 0 Å². The summed E-state index contributed by atoms with van der Waals surface area (Å²) in [4.78, 5) is 0. The molecule has 0 aliphatic carbocycles. The van der Waals surface area contributed by atoms with Crippen LogP contribution >= 0.6 is 0 Å². The zero-order valence-corrected chi connectivity index (χ0v) is 13.8. The van der Waals surface area contributed by atoms with E-state index in [9.17, 15) is 0 Å². The Bertz CT molecular complexity index is 754. The zero-order valence-electron chi connectivity index (χ0n) is 13.8. The molecular formula is C22H22. The van der Waals surface area contributed by atoms with Crippen LogP contribution in [-0.4, -0.2) is 0 Å². The highest BCUT2D eigenvalue weighted by molar-refractivity contribution is 5.78. The summed E-state index contributed by atoms with van der Waals surface area (Å²) in [6.07, 6.45) is 0. The first-order chi connectivity index (χ1) is 10.6. The lowest BCUT2D eigenvalue weighted by Crippen LogP contribution is -1.93.